The number of hydrogen-bond donors (Lipinski definition) is 0. The van der Waals surface area contributed by atoms with E-state index in [2.05, 4.69) is 384 Å². The fourth-order valence-corrected chi connectivity index (χ4v) is 14.5. The first-order valence-electron chi connectivity index (χ1n) is 32.2. The summed E-state index contributed by atoms with van der Waals surface area (Å²) in [7, 11) is 0. The van der Waals surface area contributed by atoms with Crippen molar-refractivity contribution in [3.63, 3.8) is 0 Å². The Balaban J connectivity index is 0.920. The second-order valence-corrected chi connectivity index (χ2v) is 27.4. The molecule has 0 amide bonds. The Morgan fingerprint density at radius 1 is 0.330 bits per heavy atom. The third-order valence-corrected chi connectivity index (χ3v) is 19.2. The van der Waals surface area contributed by atoms with E-state index >= 15 is 0 Å². The normalized spacial score (nSPS) is 12.2. The minimum absolute atomic E-state index is 0.120. The van der Waals surface area contributed by atoms with Crippen molar-refractivity contribution in [2.45, 2.75) is 59.3 Å². The van der Waals surface area contributed by atoms with Crippen LogP contribution in [-0.4, -0.2) is 14.1 Å². The molecule has 0 fully saturated rings. The molecule has 0 bridgehead atoms. The fourth-order valence-electron chi connectivity index (χ4n) is 13.4. The number of para-hydroxylation sites is 6. The van der Waals surface area contributed by atoms with E-state index < -0.39 is 0 Å². The average Bonchev–Trinajstić information content (AvgIpc) is 1.22. The number of fused-ring (bicyclic) bond motifs is 7. The summed E-state index contributed by atoms with van der Waals surface area (Å²) in [5.41, 5.74) is 26.1. The first-order valence-corrected chi connectivity index (χ1v) is 33.4. The number of aryl methyl sites for hydroxylation is 1. The van der Waals surface area contributed by atoms with Crippen molar-refractivity contribution in [3.05, 3.63) is 324 Å². The predicted octanol–water partition coefficient (Wildman–Crippen LogP) is 23.8. The molecule has 14 aromatic rings. The molecule has 0 radical (unpaired) electrons. The Labute approximate surface area is 562 Å². The molecule has 6 nitrogen and oxygen atoms in total. The zero-order valence-electron chi connectivity index (χ0n) is 53.8. The first kappa shape index (κ1) is 59.6. The molecule has 0 unspecified atom stereocenters. The van der Waals surface area contributed by atoms with Crippen LogP contribution < -0.4 is 14.5 Å². The summed E-state index contributed by atoms with van der Waals surface area (Å²) in [6.07, 6.45) is 2.05. The van der Waals surface area contributed by atoms with Gasteiger partial charge in [0.15, 0.2) is 0 Å². The molecule has 12 aromatic carbocycles. The predicted molar refractivity (Wildman–Crippen MR) is 388 cm³/mol. The van der Waals surface area contributed by atoms with E-state index in [9.17, 15) is 0 Å². The van der Waals surface area contributed by atoms with Gasteiger partial charge >= 0.3 is 306 Å². The van der Waals surface area contributed by atoms with Crippen LogP contribution in [0.15, 0.2) is 303 Å². The quantitative estimate of drug-likeness (QED) is 0.137. The molecule has 15 rings (SSSR count). The van der Waals surface area contributed by atoms with Crippen LogP contribution in [0.4, 0.5) is 34.3 Å². The van der Waals surface area contributed by atoms with Crippen molar-refractivity contribution in [3.8, 4) is 89.6 Å². The van der Waals surface area contributed by atoms with Crippen LogP contribution in [-0.2, 0) is 30.2 Å². The van der Waals surface area contributed by atoms with Gasteiger partial charge in [-0.15, -0.1) is 0 Å². The molecule has 3 heterocycles. The Morgan fingerprint density at radius 2 is 0.766 bits per heavy atom. The van der Waals surface area contributed by atoms with E-state index in [1.807, 2.05) is 6.20 Å². The van der Waals surface area contributed by atoms with Crippen molar-refractivity contribution in [2.75, 3.05) is 9.80 Å². The average molecular weight is 1400 g/mol. The number of rotatable bonds is 10. The van der Waals surface area contributed by atoms with Crippen LogP contribution >= 0.6 is 0 Å². The van der Waals surface area contributed by atoms with Gasteiger partial charge < -0.3 is 4.90 Å². The van der Waals surface area contributed by atoms with Gasteiger partial charge in [-0.05, 0) is 75.4 Å². The molecule has 460 valence electrons. The van der Waals surface area contributed by atoms with Crippen LogP contribution in [0.3, 0.4) is 0 Å². The van der Waals surface area contributed by atoms with Gasteiger partial charge in [0.1, 0.15) is 0 Å². The van der Waals surface area contributed by atoms with Crippen LogP contribution in [0.2, 0.25) is 0 Å². The van der Waals surface area contributed by atoms with Gasteiger partial charge in [-0.3, -0.25) is 0 Å². The minimum Gasteiger partial charge on any atom is -0.0622 e. The molecule has 1 aliphatic rings. The van der Waals surface area contributed by atoms with Crippen LogP contribution in [0.5, 0.6) is 11.5 Å². The summed E-state index contributed by atoms with van der Waals surface area (Å²) in [6, 6.07) is 107. The Kier molecular flexibility index (Phi) is 15.5. The zero-order valence-corrected chi connectivity index (χ0v) is 56.1. The summed E-state index contributed by atoms with van der Waals surface area (Å²) in [6.45, 7) is 16.1. The number of imidazole rings is 1. The number of benzene rings is 12. The Morgan fingerprint density at radius 3 is 1.32 bits per heavy atom. The molecule has 0 aliphatic carbocycles. The van der Waals surface area contributed by atoms with E-state index in [4.69, 9.17) is 9.72 Å². The molecule has 1 aliphatic heterocycles. The van der Waals surface area contributed by atoms with Crippen molar-refractivity contribution in [1.29, 1.82) is 0 Å². The number of aromatic nitrogens is 3. The molecule has 94 heavy (non-hydrogen) atoms. The van der Waals surface area contributed by atoms with E-state index in [1.54, 1.807) is 0 Å². The third kappa shape index (κ3) is 11.1. The van der Waals surface area contributed by atoms with Gasteiger partial charge in [-0.2, -0.15) is 0 Å². The molecule has 0 saturated carbocycles. The van der Waals surface area contributed by atoms with Crippen LogP contribution in [0.1, 0.15) is 58.2 Å². The number of nitrogens with zero attached hydrogens (tertiary/aromatic N) is 5. The topological polar surface area (TPSA) is 38.5 Å². The smallest absolute Gasteiger partial charge is 0.0622 e. The summed E-state index contributed by atoms with van der Waals surface area (Å²) < 4.78 is 13.1. The number of pyridine rings is 1. The second kappa shape index (κ2) is 24.4. The molecule has 0 saturated heterocycles. The van der Waals surface area contributed by atoms with Gasteiger partial charge in [0.2, 0.25) is 0 Å². The van der Waals surface area contributed by atoms with E-state index in [-0.39, 0.29) is 10.8 Å². The van der Waals surface area contributed by atoms with Gasteiger partial charge in [-0.25, -0.2) is 0 Å². The van der Waals surface area contributed by atoms with Crippen LogP contribution in [0.25, 0.3) is 89.2 Å². The van der Waals surface area contributed by atoms with Crippen molar-refractivity contribution >= 4 is 45.3 Å². The minimum atomic E-state index is -0.120. The molecule has 2 aromatic heterocycles. The van der Waals surface area contributed by atoms with Gasteiger partial charge in [0, 0.05) is 23.0 Å². The molecule has 0 N–H and O–H groups in total. The summed E-state index contributed by atoms with van der Waals surface area (Å²) in [5, 5.41) is 0. The Bertz CT molecular complexity index is 5140. The van der Waals surface area contributed by atoms with Gasteiger partial charge in [-0.1, -0.05) is 151 Å². The monoisotopic (exact) mass is 1400 g/mol. The maximum atomic E-state index is 7.29. The fraction of sp³-hybridized carbons (Fsp3) is 0.103. The SMILES string of the molecule is Cc1cc(N2c3ccccc3-c3ccccc3N(c3cc(C(C)(C)C)cc(C(C)(C)C)c3)c3ccccc3-c3ccc(Oc4cccc(-n5[c](=[Pt])n(-c6c(-c7ccccc7)cccc6-c6ccccc6)c6ccccc65)c4)cc32)ncc1-c1ccc(-c2ccccc2)cc1. The van der Waals surface area contributed by atoms with Gasteiger partial charge in [0.25, 0.3) is 0 Å². The maximum absolute atomic E-state index is 7.29. The van der Waals surface area contributed by atoms with Gasteiger partial charge in [0.05, 0.1) is 5.69 Å². The molecule has 7 heteroatoms. The number of hydrogen-bond acceptors (Lipinski definition) is 4. The number of anilines is 6. The zero-order chi connectivity index (χ0) is 64.2. The van der Waals surface area contributed by atoms with Crippen molar-refractivity contribution in [2.24, 2.45) is 0 Å². The summed E-state index contributed by atoms with van der Waals surface area (Å²) in [5.74, 6) is 2.16. The number of ether oxygens (including phenoxy) is 1. The van der Waals surface area contributed by atoms with E-state index in [1.165, 1.54) is 22.3 Å². The third-order valence-electron chi connectivity index (χ3n) is 18.2. The van der Waals surface area contributed by atoms with Crippen LogP contribution in [0, 0.1) is 10.7 Å². The molecular weight excluding hydrogens is 1330 g/mol. The molecule has 0 atom stereocenters. The van der Waals surface area contributed by atoms with E-state index in [0.717, 1.165) is 122 Å². The van der Waals surface area contributed by atoms with E-state index in [0.29, 0.717) is 11.5 Å². The second-order valence-electron chi connectivity index (χ2n) is 26.4. The Hall–Kier alpha value is -10.7. The molecule has 0 spiro atoms. The first-order chi connectivity index (χ1) is 45.7. The van der Waals surface area contributed by atoms with Crippen molar-refractivity contribution < 1.29 is 24.1 Å². The summed E-state index contributed by atoms with van der Waals surface area (Å²) >= 11 is 2.53. The summed E-state index contributed by atoms with van der Waals surface area (Å²) in [4.78, 5) is 10.4. The standard InChI is InChI=1S/C87H71N5O.Pt/c1-59-51-84(88-57-77(59)64-47-45-61(46-48-64)60-27-11-8-12-28-60)92-80-42-22-19-36-74(80)73-35-17-20-40-78(73)91(68-53-65(86(2,3)4)52-66(54-68)87(5,6)7)79-41-21-18-37-75(79)76-50-49-70(56-83(76)92)93-69-34-25-33-67(55-69)89-58-90(82-44-24-23-43-81(82)89)85-71(62-29-13-9-14-30-62)38-26-39-72(85)63-31-15-10-16-32-63;/h8-57H,1-7H3;. The van der Waals surface area contributed by atoms with Crippen molar-refractivity contribution in [1.82, 2.24) is 14.1 Å². The molecular formula is C87H71N5OPt.